The number of hydrogen-bond acceptors (Lipinski definition) is 6. The number of rotatable bonds is 8. The van der Waals surface area contributed by atoms with Gasteiger partial charge in [0.05, 0.1) is 21.2 Å². The smallest absolute Gasteiger partial charge is 0.270 e. The minimum absolute atomic E-state index is 0.0444. The Morgan fingerprint density at radius 3 is 2.41 bits per heavy atom. The number of benzene rings is 2. The molecule has 0 saturated carbocycles. The van der Waals surface area contributed by atoms with Gasteiger partial charge in [-0.25, -0.2) is 8.42 Å². The van der Waals surface area contributed by atoms with Crippen LogP contribution in [0.2, 0.25) is 5.02 Å². The normalized spacial score (nSPS) is 14.1. The zero-order valence-electron chi connectivity index (χ0n) is 17.9. The van der Waals surface area contributed by atoms with Crippen LogP contribution >= 0.6 is 11.6 Å². The van der Waals surface area contributed by atoms with Gasteiger partial charge in [0.15, 0.2) is 0 Å². The Kier molecular flexibility index (Phi) is 7.37. The molecule has 2 aromatic carbocycles. The average molecular weight is 481 g/mol. The van der Waals surface area contributed by atoms with Gasteiger partial charge >= 0.3 is 0 Å². The van der Waals surface area contributed by atoms with Crippen LogP contribution < -0.4 is 10.2 Å². The summed E-state index contributed by atoms with van der Waals surface area (Å²) in [5, 5.41) is 14.0. The molecule has 0 aliphatic carbocycles. The zero-order chi connectivity index (χ0) is 23.5. The Hall–Kier alpha value is -2.69. The predicted octanol–water partition coefficient (Wildman–Crippen LogP) is 4.13. The third-order valence-corrected chi connectivity index (χ3v) is 7.93. The summed E-state index contributed by atoms with van der Waals surface area (Å²) in [5.74, 6) is -0.566. The van der Waals surface area contributed by atoms with Crippen LogP contribution in [-0.4, -0.2) is 49.7 Å². The molecule has 1 N–H and O–H groups in total. The number of halogens is 1. The van der Waals surface area contributed by atoms with Crippen molar-refractivity contribution in [3.63, 3.8) is 0 Å². The molecule has 1 fully saturated rings. The van der Waals surface area contributed by atoms with Crippen LogP contribution in [0, 0.1) is 10.1 Å². The molecule has 0 radical (unpaired) electrons. The lowest BCUT2D eigenvalue weighted by molar-refractivity contribution is -0.384. The van der Waals surface area contributed by atoms with Crippen molar-refractivity contribution in [1.29, 1.82) is 0 Å². The maximum Gasteiger partial charge on any atom is 0.270 e. The van der Waals surface area contributed by atoms with Crippen molar-refractivity contribution in [3.8, 4) is 0 Å². The zero-order valence-corrected chi connectivity index (χ0v) is 19.4. The van der Waals surface area contributed by atoms with Crippen molar-refractivity contribution in [1.82, 2.24) is 4.31 Å². The summed E-state index contributed by atoms with van der Waals surface area (Å²) < 4.78 is 27.1. The highest BCUT2D eigenvalue weighted by molar-refractivity contribution is 7.89. The van der Waals surface area contributed by atoms with E-state index in [0.717, 1.165) is 25.9 Å². The van der Waals surface area contributed by atoms with E-state index in [2.05, 4.69) is 5.32 Å². The molecule has 32 heavy (non-hydrogen) atoms. The minimum atomic E-state index is -3.84. The van der Waals surface area contributed by atoms with Gasteiger partial charge in [-0.1, -0.05) is 25.4 Å². The molecule has 1 amide bonds. The second-order valence-electron chi connectivity index (χ2n) is 7.34. The van der Waals surface area contributed by atoms with Gasteiger partial charge in [0.1, 0.15) is 4.90 Å². The molecule has 1 heterocycles. The van der Waals surface area contributed by atoms with E-state index in [1.54, 1.807) is 19.9 Å². The van der Waals surface area contributed by atoms with Crippen LogP contribution in [0.5, 0.6) is 0 Å². The van der Waals surface area contributed by atoms with Crippen LogP contribution in [0.25, 0.3) is 0 Å². The Bertz CT molecular complexity index is 1130. The summed E-state index contributed by atoms with van der Waals surface area (Å²) in [6.45, 7) is 5.51. The molecule has 0 bridgehead atoms. The monoisotopic (exact) mass is 480 g/mol. The molecular formula is C21H25ClN4O5S. The van der Waals surface area contributed by atoms with E-state index in [1.165, 1.54) is 34.6 Å². The maximum atomic E-state index is 13.1. The molecule has 1 aliphatic heterocycles. The van der Waals surface area contributed by atoms with Gasteiger partial charge in [-0.2, -0.15) is 4.31 Å². The second kappa shape index (κ2) is 9.85. The van der Waals surface area contributed by atoms with Crippen molar-refractivity contribution < 1.29 is 18.1 Å². The van der Waals surface area contributed by atoms with Crippen LogP contribution in [-0.2, 0) is 10.0 Å². The molecule has 2 aromatic rings. The largest absolute Gasteiger partial charge is 0.371 e. The first-order chi connectivity index (χ1) is 15.2. The third-order valence-electron chi connectivity index (χ3n) is 5.39. The molecule has 11 heteroatoms. The highest BCUT2D eigenvalue weighted by Gasteiger charge is 2.26. The number of nitro groups is 1. The molecule has 1 aliphatic rings. The van der Waals surface area contributed by atoms with E-state index in [0.29, 0.717) is 5.69 Å². The molecule has 1 saturated heterocycles. The summed E-state index contributed by atoms with van der Waals surface area (Å²) in [4.78, 5) is 25.7. The number of carbonyl (C=O) groups excluding carboxylic acids is 1. The Labute approximate surface area is 192 Å². The lowest BCUT2D eigenvalue weighted by Gasteiger charge is -2.21. The first kappa shape index (κ1) is 24.0. The lowest BCUT2D eigenvalue weighted by Crippen LogP contribution is -2.31. The van der Waals surface area contributed by atoms with E-state index in [1.807, 2.05) is 4.90 Å². The number of carbonyl (C=O) groups is 1. The first-order valence-corrected chi connectivity index (χ1v) is 12.1. The number of nitrogens with one attached hydrogen (secondary N) is 1. The van der Waals surface area contributed by atoms with Crippen molar-refractivity contribution in [2.75, 3.05) is 36.4 Å². The lowest BCUT2D eigenvalue weighted by atomic mass is 10.1. The molecule has 0 spiro atoms. The van der Waals surface area contributed by atoms with E-state index in [4.69, 9.17) is 11.6 Å². The van der Waals surface area contributed by atoms with E-state index >= 15 is 0 Å². The molecular weight excluding hydrogens is 456 g/mol. The molecule has 0 unspecified atom stereocenters. The van der Waals surface area contributed by atoms with Crippen LogP contribution in [0.3, 0.4) is 0 Å². The Balaban J connectivity index is 1.97. The standard InChI is InChI=1S/C21H25ClN4O5S/c1-3-25(4-2)32(30,31)20-13-15(7-9-18(20)22)23-21(27)17-14-16(26(28)29)8-10-19(17)24-11-5-6-12-24/h7-10,13-14H,3-6,11-12H2,1-2H3,(H,23,27). The van der Waals surface area contributed by atoms with E-state index < -0.39 is 20.9 Å². The van der Waals surface area contributed by atoms with Gasteiger partial charge in [0.2, 0.25) is 10.0 Å². The molecule has 9 nitrogen and oxygen atoms in total. The topological polar surface area (TPSA) is 113 Å². The Morgan fingerprint density at radius 1 is 1.16 bits per heavy atom. The number of non-ortho nitro benzene ring substituents is 1. The highest BCUT2D eigenvalue weighted by Crippen LogP contribution is 2.31. The second-order valence-corrected chi connectivity index (χ2v) is 9.65. The molecule has 0 atom stereocenters. The van der Waals surface area contributed by atoms with Crippen LogP contribution in [0.1, 0.15) is 37.0 Å². The molecule has 3 rings (SSSR count). The van der Waals surface area contributed by atoms with E-state index in [-0.39, 0.29) is 39.9 Å². The van der Waals surface area contributed by atoms with Gasteiger partial charge in [0.25, 0.3) is 11.6 Å². The van der Waals surface area contributed by atoms with Gasteiger partial charge in [0, 0.05) is 44.0 Å². The fourth-order valence-corrected chi connectivity index (χ4v) is 5.69. The minimum Gasteiger partial charge on any atom is -0.371 e. The van der Waals surface area contributed by atoms with Crippen molar-refractivity contribution in [2.45, 2.75) is 31.6 Å². The molecule has 172 valence electrons. The van der Waals surface area contributed by atoms with Gasteiger partial charge in [-0.3, -0.25) is 14.9 Å². The van der Waals surface area contributed by atoms with Gasteiger partial charge < -0.3 is 10.2 Å². The van der Waals surface area contributed by atoms with Crippen molar-refractivity contribution >= 4 is 44.6 Å². The fraction of sp³-hybridized carbons (Fsp3) is 0.381. The maximum absolute atomic E-state index is 13.1. The number of nitrogens with zero attached hydrogens (tertiary/aromatic N) is 3. The summed E-state index contributed by atoms with van der Waals surface area (Å²) >= 11 is 6.16. The number of sulfonamides is 1. The highest BCUT2D eigenvalue weighted by atomic mass is 35.5. The van der Waals surface area contributed by atoms with E-state index in [9.17, 15) is 23.3 Å². The number of hydrogen-bond donors (Lipinski definition) is 1. The van der Waals surface area contributed by atoms with Crippen LogP contribution in [0.4, 0.5) is 17.1 Å². The molecule has 0 aromatic heterocycles. The Morgan fingerprint density at radius 2 is 1.81 bits per heavy atom. The van der Waals surface area contributed by atoms with Crippen molar-refractivity contribution in [2.24, 2.45) is 0 Å². The number of anilines is 2. The summed E-state index contributed by atoms with van der Waals surface area (Å²) in [5.41, 5.74) is 0.794. The predicted molar refractivity (Wildman–Crippen MR) is 124 cm³/mol. The first-order valence-electron chi connectivity index (χ1n) is 10.3. The van der Waals surface area contributed by atoms with Gasteiger partial charge in [-0.05, 0) is 37.1 Å². The number of nitro benzene ring substituents is 1. The number of amides is 1. The van der Waals surface area contributed by atoms with Crippen molar-refractivity contribution in [3.05, 3.63) is 57.1 Å². The SMILES string of the molecule is CCN(CC)S(=O)(=O)c1cc(NC(=O)c2cc([N+](=O)[O-])ccc2N2CCCC2)ccc1Cl. The summed E-state index contributed by atoms with van der Waals surface area (Å²) in [6, 6.07) is 8.40. The third kappa shape index (κ3) is 4.87. The summed E-state index contributed by atoms with van der Waals surface area (Å²) in [7, 11) is -3.84. The summed E-state index contributed by atoms with van der Waals surface area (Å²) in [6.07, 6.45) is 1.95. The average Bonchev–Trinajstić information content (AvgIpc) is 3.30. The van der Waals surface area contributed by atoms with Crippen LogP contribution in [0.15, 0.2) is 41.3 Å². The fourth-order valence-electron chi connectivity index (χ4n) is 3.73. The quantitative estimate of drug-likeness (QED) is 0.449. The van der Waals surface area contributed by atoms with Gasteiger partial charge in [-0.15, -0.1) is 0 Å².